The Kier molecular flexibility index (Phi) is 6.31. The Balaban J connectivity index is 1.78. The molecule has 0 atom stereocenters. The molecule has 0 heterocycles. The van der Waals surface area contributed by atoms with Crippen molar-refractivity contribution in [1.82, 2.24) is 0 Å². The largest absolute Gasteiger partial charge is 0.456 e. The van der Waals surface area contributed by atoms with Crippen molar-refractivity contribution in [3.63, 3.8) is 0 Å². The SMILES string of the molecule is CCc1cc(C(=O)OC(C)(C)C)ccc1NCc1cc(C2CC2)cc(C(C)(C)C)c1. The van der Waals surface area contributed by atoms with Gasteiger partial charge in [-0.15, -0.1) is 0 Å². The van der Waals surface area contributed by atoms with Gasteiger partial charge in [0.1, 0.15) is 5.60 Å². The van der Waals surface area contributed by atoms with Gasteiger partial charge in [-0.05, 0) is 91.8 Å². The highest BCUT2D eigenvalue weighted by atomic mass is 16.6. The van der Waals surface area contributed by atoms with Crippen LogP contribution in [0.4, 0.5) is 5.69 Å². The molecule has 0 radical (unpaired) electrons. The van der Waals surface area contributed by atoms with Gasteiger partial charge in [-0.1, -0.05) is 45.9 Å². The number of carbonyl (C=O) groups excluding carboxylic acids is 1. The van der Waals surface area contributed by atoms with Crippen LogP contribution in [0.3, 0.4) is 0 Å². The van der Waals surface area contributed by atoms with Crippen molar-refractivity contribution in [3.05, 3.63) is 64.2 Å². The van der Waals surface area contributed by atoms with E-state index in [1.807, 2.05) is 39.0 Å². The lowest BCUT2D eigenvalue weighted by Gasteiger charge is -2.22. The number of anilines is 1. The number of aryl methyl sites for hydroxylation is 1. The molecule has 0 aliphatic heterocycles. The first-order valence-electron chi connectivity index (χ1n) is 11.2. The van der Waals surface area contributed by atoms with E-state index in [9.17, 15) is 4.79 Å². The van der Waals surface area contributed by atoms with E-state index in [-0.39, 0.29) is 11.4 Å². The lowest BCUT2D eigenvalue weighted by atomic mass is 9.84. The van der Waals surface area contributed by atoms with Crippen LogP contribution in [-0.2, 0) is 23.1 Å². The van der Waals surface area contributed by atoms with Crippen molar-refractivity contribution in [2.24, 2.45) is 0 Å². The van der Waals surface area contributed by atoms with Gasteiger partial charge in [0.25, 0.3) is 0 Å². The quantitative estimate of drug-likeness (QED) is 0.524. The molecule has 0 saturated heterocycles. The average molecular weight is 408 g/mol. The molecule has 0 spiro atoms. The second-order valence-corrected chi connectivity index (χ2v) is 10.6. The number of carbonyl (C=O) groups is 1. The second kappa shape index (κ2) is 8.45. The van der Waals surface area contributed by atoms with Crippen LogP contribution in [0.2, 0.25) is 0 Å². The van der Waals surface area contributed by atoms with Crippen LogP contribution in [0.25, 0.3) is 0 Å². The van der Waals surface area contributed by atoms with Gasteiger partial charge in [-0.25, -0.2) is 4.79 Å². The lowest BCUT2D eigenvalue weighted by Crippen LogP contribution is -2.24. The van der Waals surface area contributed by atoms with E-state index in [1.165, 1.54) is 29.5 Å². The molecule has 30 heavy (non-hydrogen) atoms. The summed E-state index contributed by atoms with van der Waals surface area (Å²) in [6.07, 6.45) is 3.48. The van der Waals surface area contributed by atoms with Crippen LogP contribution in [0.15, 0.2) is 36.4 Å². The number of ether oxygens (including phenoxy) is 1. The fraction of sp³-hybridized carbons (Fsp3) is 0.519. The number of hydrogen-bond acceptors (Lipinski definition) is 3. The standard InChI is InChI=1S/C27H37NO2/c1-8-19-15-21(25(29)30-27(5,6)7)11-12-24(19)28-17-18-13-22(20-9-10-20)16-23(14-18)26(2,3)4/h11-16,20,28H,8-10,17H2,1-7H3. The molecule has 0 amide bonds. The molecule has 1 aliphatic rings. The Labute approximate surface area is 182 Å². The summed E-state index contributed by atoms with van der Waals surface area (Å²) >= 11 is 0. The van der Waals surface area contributed by atoms with Crippen LogP contribution >= 0.6 is 0 Å². The maximum absolute atomic E-state index is 12.4. The number of nitrogens with one attached hydrogen (secondary N) is 1. The average Bonchev–Trinajstić information content (AvgIpc) is 3.49. The molecule has 162 valence electrons. The maximum atomic E-state index is 12.4. The van der Waals surface area contributed by atoms with Gasteiger partial charge in [0.2, 0.25) is 0 Å². The van der Waals surface area contributed by atoms with E-state index in [0.717, 1.165) is 30.1 Å². The molecule has 3 nitrogen and oxygen atoms in total. The molecule has 3 heteroatoms. The topological polar surface area (TPSA) is 38.3 Å². The molecular weight excluding hydrogens is 370 g/mol. The number of esters is 1. The van der Waals surface area contributed by atoms with Gasteiger partial charge in [-0.3, -0.25) is 0 Å². The monoisotopic (exact) mass is 407 g/mol. The zero-order valence-corrected chi connectivity index (χ0v) is 19.7. The summed E-state index contributed by atoms with van der Waals surface area (Å²) in [7, 11) is 0. The third-order valence-corrected chi connectivity index (χ3v) is 5.53. The normalized spacial score (nSPS) is 14.5. The number of rotatable bonds is 6. The first-order valence-corrected chi connectivity index (χ1v) is 11.2. The lowest BCUT2D eigenvalue weighted by molar-refractivity contribution is 0.00694. The van der Waals surface area contributed by atoms with Gasteiger partial charge in [0.05, 0.1) is 5.56 Å². The minimum Gasteiger partial charge on any atom is -0.456 e. The fourth-order valence-corrected chi connectivity index (χ4v) is 3.63. The van der Waals surface area contributed by atoms with Crippen molar-refractivity contribution >= 4 is 11.7 Å². The minimum absolute atomic E-state index is 0.142. The van der Waals surface area contributed by atoms with Crippen LogP contribution in [0.1, 0.15) is 99.8 Å². The molecule has 1 N–H and O–H groups in total. The number of hydrogen-bond donors (Lipinski definition) is 1. The highest BCUT2D eigenvalue weighted by Gasteiger charge is 2.26. The van der Waals surface area contributed by atoms with E-state index in [4.69, 9.17) is 4.74 Å². The fourth-order valence-electron chi connectivity index (χ4n) is 3.63. The minimum atomic E-state index is -0.488. The summed E-state index contributed by atoms with van der Waals surface area (Å²) in [5.41, 5.74) is 6.68. The van der Waals surface area contributed by atoms with Crippen molar-refractivity contribution in [1.29, 1.82) is 0 Å². The van der Waals surface area contributed by atoms with Crippen LogP contribution < -0.4 is 5.32 Å². The summed E-state index contributed by atoms with van der Waals surface area (Å²) < 4.78 is 5.52. The van der Waals surface area contributed by atoms with E-state index in [0.29, 0.717) is 5.56 Å². The van der Waals surface area contributed by atoms with Crippen molar-refractivity contribution in [2.75, 3.05) is 5.32 Å². The molecule has 2 aromatic carbocycles. The predicted octanol–water partition coefficient (Wildman–Crippen LogP) is 6.99. The highest BCUT2D eigenvalue weighted by Crippen LogP contribution is 2.42. The van der Waals surface area contributed by atoms with Gasteiger partial charge in [0, 0.05) is 12.2 Å². The second-order valence-electron chi connectivity index (χ2n) is 10.6. The Hall–Kier alpha value is -2.29. The van der Waals surface area contributed by atoms with E-state index >= 15 is 0 Å². The summed E-state index contributed by atoms with van der Waals surface area (Å²) in [6.45, 7) is 15.4. The van der Waals surface area contributed by atoms with Crippen molar-refractivity contribution in [2.45, 2.75) is 91.2 Å². The van der Waals surface area contributed by atoms with Gasteiger partial charge < -0.3 is 10.1 Å². The first-order chi connectivity index (χ1) is 14.0. The Morgan fingerprint density at radius 2 is 1.73 bits per heavy atom. The molecule has 2 aromatic rings. The van der Waals surface area contributed by atoms with Crippen molar-refractivity contribution < 1.29 is 9.53 Å². The molecule has 1 fully saturated rings. The molecule has 1 aliphatic carbocycles. The number of benzene rings is 2. The predicted molar refractivity (Wildman–Crippen MR) is 125 cm³/mol. The summed E-state index contributed by atoms with van der Waals surface area (Å²) in [5, 5.41) is 3.61. The summed E-state index contributed by atoms with van der Waals surface area (Å²) in [5.74, 6) is 0.473. The molecule has 0 aromatic heterocycles. The zero-order chi connectivity index (χ0) is 22.1. The van der Waals surface area contributed by atoms with Crippen LogP contribution in [0, 0.1) is 0 Å². The first kappa shape index (κ1) is 22.4. The third-order valence-electron chi connectivity index (χ3n) is 5.53. The molecular formula is C27H37NO2. The summed E-state index contributed by atoms with van der Waals surface area (Å²) in [6, 6.07) is 12.9. The third kappa shape index (κ3) is 5.87. The summed E-state index contributed by atoms with van der Waals surface area (Å²) in [4.78, 5) is 12.4. The Morgan fingerprint density at radius 1 is 1.03 bits per heavy atom. The van der Waals surface area contributed by atoms with E-state index < -0.39 is 5.60 Å². The van der Waals surface area contributed by atoms with Gasteiger partial charge in [0.15, 0.2) is 0 Å². The Bertz CT molecular complexity index is 911. The van der Waals surface area contributed by atoms with Crippen LogP contribution in [0.5, 0.6) is 0 Å². The van der Waals surface area contributed by atoms with E-state index in [1.54, 1.807) is 0 Å². The van der Waals surface area contributed by atoms with E-state index in [2.05, 4.69) is 51.2 Å². The Morgan fingerprint density at radius 3 is 2.30 bits per heavy atom. The van der Waals surface area contributed by atoms with Gasteiger partial charge >= 0.3 is 5.97 Å². The van der Waals surface area contributed by atoms with Gasteiger partial charge in [-0.2, -0.15) is 0 Å². The highest BCUT2D eigenvalue weighted by molar-refractivity contribution is 5.90. The molecule has 3 rings (SSSR count). The molecule has 0 bridgehead atoms. The molecule has 0 unspecified atom stereocenters. The maximum Gasteiger partial charge on any atom is 0.338 e. The zero-order valence-electron chi connectivity index (χ0n) is 19.7. The van der Waals surface area contributed by atoms with Crippen molar-refractivity contribution in [3.8, 4) is 0 Å². The molecule has 1 saturated carbocycles. The smallest absolute Gasteiger partial charge is 0.338 e. The van der Waals surface area contributed by atoms with Crippen LogP contribution in [-0.4, -0.2) is 11.6 Å².